The minimum absolute atomic E-state index is 0.00321. The maximum absolute atomic E-state index is 12.6. The maximum Gasteiger partial charge on any atom is 0.266 e. The molecular formula is C22H20N2O5. The number of benzene rings is 2. The zero-order valence-electron chi connectivity index (χ0n) is 16.5. The fourth-order valence-electron chi connectivity index (χ4n) is 3.06. The zero-order chi connectivity index (χ0) is 21.0. The first kappa shape index (κ1) is 19.8. The average Bonchev–Trinajstić information content (AvgIpc) is 2.77. The lowest BCUT2D eigenvalue weighted by molar-refractivity contribution is 0.324. The Morgan fingerprint density at radius 2 is 1.45 bits per heavy atom. The van der Waals surface area contributed by atoms with E-state index in [0.29, 0.717) is 39.8 Å². The Bertz CT molecular complexity index is 1100. The number of aromatic nitrogens is 1. The summed E-state index contributed by atoms with van der Waals surface area (Å²) in [6.07, 6.45) is 0. The Morgan fingerprint density at radius 3 is 1.93 bits per heavy atom. The molecule has 7 heteroatoms. The number of ether oxygens (including phenoxy) is 4. The molecular weight excluding hydrogens is 372 g/mol. The number of H-pyrrole nitrogens is 1. The molecule has 3 aromatic rings. The summed E-state index contributed by atoms with van der Waals surface area (Å²) in [5.74, 6) is 1.99. The highest BCUT2D eigenvalue weighted by molar-refractivity contribution is 5.78. The van der Waals surface area contributed by atoms with E-state index in [-0.39, 0.29) is 5.56 Å². The van der Waals surface area contributed by atoms with Gasteiger partial charge in [0.05, 0.1) is 28.4 Å². The standard InChI is InChI=1S/C22H20N2O5/c1-26-15-7-5-13(6-8-15)18-11-16(17(12-23)22(25)24-18)14-9-19(27-2)21(29-4)20(10-14)28-3/h5-11H,1-4H3,(H,24,25). The molecule has 0 spiro atoms. The van der Waals surface area contributed by atoms with Crippen molar-refractivity contribution in [1.29, 1.82) is 5.26 Å². The molecule has 29 heavy (non-hydrogen) atoms. The van der Waals surface area contributed by atoms with Gasteiger partial charge in [0.15, 0.2) is 11.5 Å². The largest absolute Gasteiger partial charge is 0.497 e. The molecule has 1 heterocycles. The van der Waals surface area contributed by atoms with Gasteiger partial charge >= 0.3 is 0 Å². The molecule has 1 N–H and O–H groups in total. The SMILES string of the molecule is COc1ccc(-c2cc(-c3cc(OC)c(OC)c(OC)c3)c(C#N)c(=O)[nH]2)cc1. The molecule has 7 nitrogen and oxygen atoms in total. The highest BCUT2D eigenvalue weighted by atomic mass is 16.5. The van der Waals surface area contributed by atoms with Gasteiger partial charge in [0.2, 0.25) is 5.75 Å². The molecule has 0 aliphatic rings. The van der Waals surface area contributed by atoms with Crippen LogP contribution in [0, 0.1) is 11.3 Å². The lowest BCUT2D eigenvalue weighted by atomic mass is 9.98. The second kappa shape index (κ2) is 8.40. The van der Waals surface area contributed by atoms with E-state index in [2.05, 4.69) is 4.98 Å². The summed E-state index contributed by atoms with van der Waals surface area (Å²) in [5.41, 5.74) is 1.92. The Kier molecular flexibility index (Phi) is 5.74. The second-order valence-corrected chi connectivity index (χ2v) is 6.06. The summed E-state index contributed by atoms with van der Waals surface area (Å²) in [6, 6.07) is 14.4. The molecule has 0 saturated carbocycles. The van der Waals surface area contributed by atoms with E-state index in [0.717, 1.165) is 5.56 Å². The molecule has 0 aliphatic heterocycles. The normalized spacial score (nSPS) is 10.2. The minimum atomic E-state index is -0.482. The van der Waals surface area contributed by atoms with E-state index >= 15 is 0 Å². The molecule has 2 aromatic carbocycles. The number of nitrogens with zero attached hydrogens (tertiary/aromatic N) is 1. The van der Waals surface area contributed by atoms with Crippen molar-refractivity contribution >= 4 is 0 Å². The van der Waals surface area contributed by atoms with Crippen molar-refractivity contribution in [2.45, 2.75) is 0 Å². The first-order valence-corrected chi connectivity index (χ1v) is 8.68. The van der Waals surface area contributed by atoms with Crippen LogP contribution in [0.1, 0.15) is 5.56 Å². The van der Waals surface area contributed by atoms with Crippen LogP contribution in [0.2, 0.25) is 0 Å². The first-order valence-electron chi connectivity index (χ1n) is 8.68. The van der Waals surface area contributed by atoms with Crippen molar-refractivity contribution in [3.05, 3.63) is 58.4 Å². The van der Waals surface area contributed by atoms with Crippen molar-refractivity contribution in [2.24, 2.45) is 0 Å². The summed E-state index contributed by atoms with van der Waals surface area (Å²) in [5, 5.41) is 9.57. The number of hydrogen-bond donors (Lipinski definition) is 1. The van der Waals surface area contributed by atoms with Gasteiger partial charge in [-0.05, 0) is 53.6 Å². The van der Waals surface area contributed by atoms with Crippen LogP contribution in [0.3, 0.4) is 0 Å². The smallest absolute Gasteiger partial charge is 0.266 e. The summed E-state index contributed by atoms with van der Waals surface area (Å²) >= 11 is 0. The Balaban J connectivity index is 2.24. The first-order chi connectivity index (χ1) is 14.1. The Morgan fingerprint density at radius 1 is 0.828 bits per heavy atom. The van der Waals surface area contributed by atoms with E-state index in [1.54, 1.807) is 37.4 Å². The molecule has 3 rings (SSSR count). The van der Waals surface area contributed by atoms with E-state index in [4.69, 9.17) is 18.9 Å². The van der Waals surface area contributed by atoms with Gasteiger partial charge in [-0.3, -0.25) is 4.79 Å². The second-order valence-electron chi connectivity index (χ2n) is 6.06. The van der Waals surface area contributed by atoms with Gasteiger partial charge in [-0.25, -0.2) is 0 Å². The lowest BCUT2D eigenvalue weighted by Gasteiger charge is -2.15. The zero-order valence-corrected chi connectivity index (χ0v) is 16.5. The summed E-state index contributed by atoms with van der Waals surface area (Å²) < 4.78 is 21.3. The van der Waals surface area contributed by atoms with Crippen molar-refractivity contribution in [1.82, 2.24) is 4.98 Å². The molecule has 0 fully saturated rings. The van der Waals surface area contributed by atoms with Crippen LogP contribution in [0.15, 0.2) is 47.3 Å². The van der Waals surface area contributed by atoms with Crippen LogP contribution >= 0.6 is 0 Å². The van der Waals surface area contributed by atoms with Crippen LogP contribution in [-0.2, 0) is 0 Å². The van der Waals surface area contributed by atoms with E-state index in [1.165, 1.54) is 21.3 Å². The lowest BCUT2D eigenvalue weighted by Crippen LogP contribution is -2.12. The van der Waals surface area contributed by atoms with Crippen molar-refractivity contribution in [2.75, 3.05) is 28.4 Å². The summed E-state index contributed by atoms with van der Waals surface area (Å²) in [4.78, 5) is 15.4. The van der Waals surface area contributed by atoms with Crippen molar-refractivity contribution < 1.29 is 18.9 Å². The molecule has 0 aliphatic carbocycles. The number of methoxy groups -OCH3 is 4. The molecule has 0 bridgehead atoms. The predicted octanol–water partition coefficient (Wildman–Crippen LogP) is 3.61. The summed E-state index contributed by atoms with van der Waals surface area (Å²) in [6.45, 7) is 0. The van der Waals surface area contributed by atoms with Gasteiger partial charge in [-0.2, -0.15) is 5.26 Å². The maximum atomic E-state index is 12.6. The topological polar surface area (TPSA) is 93.6 Å². The molecule has 0 unspecified atom stereocenters. The molecule has 0 saturated heterocycles. The van der Waals surface area contributed by atoms with E-state index in [1.807, 2.05) is 18.2 Å². The number of pyridine rings is 1. The third-order valence-electron chi connectivity index (χ3n) is 4.52. The third kappa shape index (κ3) is 3.73. The molecule has 1 aromatic heterocycles. The van der Waals surface area contributed by atoms with Crippen LogP contribution in [0.5, 0.6) is 23.0 Å². The van der Waals surface area contributed by atoms with E-state index in [9.17, 15) is 10.1 Å². The predicted molar refractivity (Wildman–Crippen MR) is 109 cm³/mol. The number of rotatable bonds is 6. The quantitative estimate of drug-likeness (QED) is 0.689. The molecule has 0 radical (unpaired) electrons. The van der Waals surface area contributed by atoms with Gasteiger partial charge in [0.1, 0.15) is 17.4 Å². The van der Waals surface area contributed by atoms with Crippen molar-refractivity contribution in [3.8, 4) is 51.5 Å². The number of hydrogen-bond acceptors (Lipinski definition) is 6. The highest BCUT2D eigenvalue weighted by Crippen LogP contribution is 2.42. The molecule has 0 amide bonds. The number of aromatic amines is 1. The number of nitriles is 1. The minimum Gasteiger partial charge on any atom is -0.497 e. The van der Waals surface area contributed by atoms with Crippen molar-refractivity contribution in [3.63, 3.8) is 0 Å². The van der Waals surface area contributed by atoms with Crippen LogP contribution in [-0.4, -0.2) is 33.4 Å². The van der Waals surface area contributed by atoms with Crippen LogP contribution < -0.4 is 24.5 Å². The number of nitrogens with one attached hydrogen (secondary N) is 1. The highest BCUT2D eigenvalue weighted by Gasteiger charge is 2.18. The fraction of sp³-hybridized carbons (Fsp3) is 0.182. The van der Waals surface area contributed by atoms with Gasteiger partial charge in [0.25, 0.3) is 5.56 Å². The van der Waals surface area contributed by atoms with Gasteiger partial charge < -0.3 is 23.9 Å². The monoisotopic (exact) mass is 392 g/mol. The van der Waals surface area contributed by atoms with E-state index < -0.39 is 5.56 Å². The molecule has 0 atom stereocenters. The molecule has 148 valence electrons. The van der Waals surface area contributed by atoms with Gasteiger partial charge in [-0.1, -0.05) is 0 Å². The Labute approximate surface area is 168 Å². The fourth-order valence-corrected chi connectivity index (χ4v) is 3.06. The third-order valence-corrected chi connectivity index (χ3v) is 4.52. The Hall–Kier alpha value is -3.92. The van der Waals surface area contributed by atoms with Gasteiger partial charge in [-0.15, -0.1) is 0 Å². The van der Waals surface area contributed by atoms with Gasteiger partial charge in [0, 0.05) is 11.3 Å². The average molecular weight is 392 g/mol. The summed E-state index contributed by atoms with van der Waals surface area (Å²) in [7, 11) is 6.11. The van der Waals surface area contributed by atoms with Crippen LogP contribution in [0.25, 0.3) is 22.4 Å². The van der Waals surface area contributed by atoms with Crippen LogP contribution in [0.4, 0.5) is 0 Å².